The summed E-state index contributed by atoms with van der Waals surface area (Å²) >= 11 is 0. The molecule has 5 nitrogen and oxygen atoms in total. The molecule has 0 fully saturated rings. The number of halogens is 1. The number of anilines is 1. The van der Waals surface area contributed by atoms with Crippen molar-refractivity contribution >= 4 is 11.5 Å². The predicted octanol–water partition coefficient (Wildman–Crippen LogP) is -0.999. The molecule has 1 aromatic heterocycles. The topological polar surface area (TPSA) is 50.3 Å². The Hall–Kier alpha value is -1.95. The van der Waals surface area contributed by atoms with Gasteiger partial charge in [-0.2, -0.15) is 0 Å². The summed E-state index contributed by atoms with van der Waals surface area (Å²) in [5, 5.41) is 10.6. The van der Waals surface area contributed by atoms with Gasteiger partial charge in [-0.25, -0.2) is 4.57 Å². The van der Waals surface area contributed by atoms with Gasteiger partial charge >= 0.3 is 0 Å². The maximum absolute atomic E-state index is 10.6. The molecule has 0 saturated carbocycles. The van der Waals surface area contributed by atoms with E-state index in [9.17, 15) is 10.1 Å². The molecule has 0 N–H and O–H groups in total. The Bertz CT molecular complexity index is 585. The van der Waals surface area contributed by atoms with Crippen LogP contribution in [0.1, 0.15) is 5.56 Å². The van der Waals surface area contributed by atoms with Crippen molar-refractivity contribution in [2.75, 3.05) is 19.0 Å². The number of nitro benzene ring substituents is 1. The molecule has 0 unspecified atom stereocenters. The molecule has 6 heteroatoms. The first-order valence-corrected chi connectivity index (χ1v) is 5.97. The van der Waals surface area contributed by atoms with E-state index in [0.717, 1.165) is 11.4 Å². The zero-order valence-corrected chi connectivity index (χ0v) is 12.9. The summed E-state index contributed by atoms with van der Waals surface area (Å²) in [7, 11) is 3.98. The molecule has 0 spiro atoms. The third-order valence-corrected chi connectivity index (χ3v) is 2.87. The molecular weight excluding hydrogens is 322 g/mol. The van der Waals surface area contributed by atoms with Gasteiger partial charge in [0.2, 0.25) is 0 Å². The monoisotopic (exact) mass is 337 g/mol. The molecule has 0 saturated heterocycles. The van der Waals surface area contributed by atoms with E-state index in [1.165, 1.54) is 12.1 Å². The quantitative estimate of drug-likeness (QED) is 0.408. The number of pyridine rings is 1. The molecule has 20 heavy (non-hydrogen) atoms. The van der Waals surface area contributed by atoms with Crippen LogP contribution >= 0.6 is 0 Å². The van der Waals surface area contributed by atoms with Crippen LogP contribution in [-0.4, -0.2) is 19.0 Å². The number of rotatable bonds is 4. The van der Waals surface area contributed by atoms with Crippen molar-refractivity contribution < 1.29 is 26.5 Å². The lowest BCUT2D eigenvalue weighted by molar-refractivity contribution is -0.675. The number of hydrogen-bond donors (Lipinski definition) is 0. The molecule has 0 aliphatic rings. The number of nitrogens with zero attached hydrogens (tertiary/aromatic N) is 3. The SMILES string of the molecule is CN(C)c1cccc[n+]1Cc1ccc([N+](=O)[O-])cc1.[Br-]. The lowest BCUT2D eigenvalue weighted by Gasteiger charge is -2.10. The molecule has 0 aliphatic carbocycles. The van der Waals surface area contributed by atoms with Gasteiger partial charge in [0.25, 0.3) is 11.5 Å². The smallest absolute Gasteiger partial charge is 0.276 e. The molecule has 1 heterocycles. The summed E-state index contributed by atoms with van der Waals surface area (Å²) in [5.74, 6) is 1.08. The molecule has 0 bridgehead atoms. The Labute approximate surface area is 128 Å². The van der Waals surface area contributed by atoms with Crippen LogP contribution in [0.2, 0.25) is 0 Å². The highest BCUT2D eigenvalue weighted by atomic mass is 79.9. The molecule has 1 aromatic carbocycles. The summed E-state index contributed by atoms with van der Waals surface area (Å²) in [5.41, 5.74) is 1.15. The van der Waals surface area contributed by atoms with Gasteiger partial charge in [-0.1, -0.05) is 6.07 Å². The van der Waals surface area contributed by atoms with Crippen molar-refractivity contribution in [1.29, 1.82) is 0 Å². The molecule has 2 aromatic rings. The fourth-order valence-corrected chi connectivity index (χ4v) is 1.93. The first-order chi connectivity index (χ1) is 9.08. The number of non-ortho nitro benzene ring substituents is 1. The van der Waals surface area contributed by atoms with Crippen molar-refractivity contribution in [2.45, 2.75) is 6.54 Å². The largest absolute Gasteiger partial charge is 1.00 e. The van der Waals surface area contributed by atoms with Crippen LogP contribution in [0.25, 0.3) is 0 Å². The predicted molar refractivity (Wildman–Crippen MR) is 73.2 cm³/mol. The second-order valence-corrected chi connectivity index (χ2v) is 4.50. The van der Waals surface area contributed by atoms with E-state index < -0.39 is 0 Å². The third kappa shape index (κ3) is 3.77. The maximum atomic E-state index is 10.6. The molecule has 0 radical (unpaired) electrons. The number of benzene rings is 1. The van der Waals surface area contributed by atoms with Crippen LogP contribution in [0.15, 0.2) is 48.7 Å². The van der Waals surface area contributed by atoms with Crippen LogP contribution < -0.4 is 26.4 Å². The minimum Gasteiger partial charge on any atom is -1.00 e. The van der Waals surface area contributed by atoms with Crippen molar-refractivity contribution in [3.8, 4) is 0 Å². The van der Waals surface area contributed by atoms with Crippen LogP contribution in [0, 0.1) is 10.1 Å². The molecule has 2 rings (SSSR count). The van der Waals surface area contributed by atoms with Gasteiger partial charge in [0.05, 0.1) is 25.2 Å². The highest BCUT2D eigenvalue weighted by molar-refractivity contribution is 5.33. The van der Waals surface area contributed by atoms with Gasteiger partial charge < -0.3 is 17.0 Å². The van der Waals surface area contributed by atoms with Crippen LogP contribution in [0.3, 0.4) is 0 Å². The second-order valence-electron chi connectivity index (χ2n) is 4.50. The van der Waals surface area contributed by atoms with E-state index in [0.29, 0.717) is 6.54 Å². The highest BCUT2D eigenvalue weighted by Gasteiger charge is 2.11. The van der Waals surface area contributed by atoms with E-state index in [2.05, 4.69) is 4.57 Å². The second kappa shape index (κ2) is 7.00. The summed E-state index contributed by atoms with van der Waals surface area (Å²) in [6, 6.07) is 12.6. The Morgan fingerprint density at radius 1 is 1.15 bits per heavy atom. The fourth-order valence-electron chi connectivity index (χ4n) is 1.93. The summed E-state index contributed by atoms with van der Waals surface area (Å²) in [6.07, 6.45) is 2.00. The first-order valence-electron chi connectivity index (χ1n) is 5.97. The Morgan fingerprint density at radius 3 is 2.35 bits per heavy atom. The minimum atomic E-state index is -0.384. The van der Waals surface area contributed by atoms with Crippen LogP contribution in [0.5, 0.6) is 0 Å². The minimum absolute atomic E-state index is 0. The Kier molecular flexibility index (Phi) is 5.64. The normalized spacial score (nSPS) is 9.70. The van der Waals surface area contributed by atoms with Crippen molar-refractivity contribution in [3.05, 3.63) is 64.3 Å². The average molecular weight is 338 g/mol. The lowest BCUT2D eigenvalue weighted by atomic mass is 10.2. The molecule has 0 amide bonds. The summed E-state index contributed by atoms with van der Waals surface area (Å²) in [4.78, 5) is 12.3. The maximum Gasteiger partial charge on any atom is 0.276 e. The van der Waals surface area contributed by atoms with Gasteiger partial charge in [0.1, 0.15) is 6.54 Å². The van der Waals surface area contributed by atoms with Crippen LogP contribution in [-0.2, 0) is 6.54 Å². The van der Waals surface area contributed by atoms with Crippen molar-refractivity contribution in [3.63, 3.8) is 0 Å². The molecule has 0 atom stereocenters. The summed E-state index contributed by atoms with van der Waals surface area (Å²) < 4.78 is 2.10. The summed E-state index contributed by atoms with van der Waals surface area (Å²) in [6.45, 7) is 0.687. The standard InChI is InChI=1S/C14H16N3O2.BrH/c1-15(2)14-5-3-4-10-16(14)11-12-6-8-13(9-7-12)17(18)19;/h3-10H,11H2,1-2H3;1H/q+1;/p-1. The van der Waals surface area contributed by atoms with Gasteiger partial charge in [-0.3, -0.25) is 15.0 Å². The first kappa shape index (κ1) is 16.1. The van der Waals surface area contributed by atoms with E-state index in [1.807, 2.05) is 43.4 Å². The van der Waals surface area contributed by atoms with E-state index in [1.54, 1.807) is 12.1 Å². The molecule has 106 valence electrons. The third-order valence-electron chi connectivity index (χ3n) is 2.87. The van der Waals surface area contributed by atoms with E-state index in [4.69, 9.17) is 0 Å². The zero-order chi connectivity index (χ0) is 13.8. The van der Waals surface area contributed by atoms with Gasteiger partial charge in [0.15, 0.2) is 0 Å². The van der Waals surface area contributed by atoms with Crippen molar-refractivity contribution in [2.24, 2.45) is 0 Å². The van der Waals surface area contributed by atoms with E-state index in [-0.39, 0.29) is 27.6 Å². The molecular formula is C14H16BrN3O2. The number of aromatic nitrogens is 1. The Morgan fingerprint density at radius 2 is 1.80 bits per heavy atom. The van der Waals surface area contributed by atoms with Gasteiger partial charge in [0, 0.05) is 18.2 Å². The van der Waals surface area contributed by atoms with E-state index >= 15 is 0 Å². The molecule has 0 aliphatic heterocycles. The highest BCUT2D eigenvalue weighted by Crippen LogP contribution is 2.12. The van der Waals surface area contributed by atoms with Gasteiger partial charge in [-0.05, 0) is 23.8 Å². The Balaban J connectivity index is 0.00000200. The number of nitro groups is 1. The lowest BCUT2D eigenvalue weighted by Crippen LogP contribution is -3.00. The van der Waals surface area contributed by atoms with Crippen LogP contribution in [0.4, 0.5) is 11.5 Å². The van der Waals surface area contributed by atoms with Gasteiger partial charge in [-0.15, -0.1) is 0 Å². The van der Waals surface area contributed by atoms with Crippen molar-refractivity contribution in [1.82, 2.24) is 0 Å². The average Bonchev–Trinajstić information content (AvgIpc) is 2.39. The fraction of sp³-hybridized carbons (Fsp3) is 0.214. The zero-order valence-electron chi connectivity index (χ0n) is 11.4. The number of hydrogen-bond acceptors (Lipinski definition) is 3.